The molecule has 0 aromatic rings. The Morgan fingerprint density at radius 3 is 2.49 bits per heavy atom. The molecular formula is C28H36O11. The van der Waals surface area contributed by atoms with E-state index in [1.54, 1.807) is 13.8 Å². The highest BCUT2D eigenvalue weighted by Gasteiger charge is 2.85. The molecule has 2 saturated carbocycles. The summed E-state index contributed by atoms with van der Waals surface area (Å²) in [6.07, 6.45) is -3.41. The molecule has 11 nitrogen and oxygen atoms in total. The van der Waals surface area contributed by atoms with Gasteiger partial charge in [-0.3, -0.25) is 4.79 Å². The first kappa shape index (κ1) is 27.8. The van der Waals surface area contributed by atoms with Gasteiger partial charge >= 0.3 is 17.9 Å². The van der Waals surface area contributed by atoms with Crippen LogP contribution in [0, 0.1) is 40.4 Å². The van der Waals surface area contributed by atoms with Crippen molar-refractivity contribution in [2.45, 2.75) is 71.1 Å². The van der Waals surface area contributed by atoms with Crippen molar-refractivity contribution in [3.8, 4) is 0 Å². The summed E-state index contributed by atoms with van der Waals surface area (Å²) in [6, 6.07) is 0. The molecule has 4 fully saturated rings. The smallest absolute Gasteiger partial charge is 0.348 e. The van der Waals surface area contributed by atoms with Gasteiger partial charge < -0.3 is 34.3 Å². The van der Waals surface area contributed by atoms with E-state index in [1.165, 1.54) is 12.2 Å². The number of hydrogen-bond donors (Lipinski definition) is 3. The molecule has 214 valence electrons. The molecule has 39 heavy (non-hydrogen) atoms. The number of allylic oxidation sites excluding steroid dienone is 3. The maximum atomic E-state index is 13.7. The SMILES string of the molecule is COC(=O)C12OCC34C(CC5C(C)C=C(O)C(=O)C5(C)C3C(O)C1O)OC(=O)C(OC(=O)C=C(C)C(C)C)C24. The number of ketones is 1. The molecule has 11 atom stereocenters. The largest absolute Gasteiger partial charge is 0.505 e. The molecule has 0 radical (unpaired) electrons. The number of esters is 3. The maximum Gasteiger partial charge on any atom is 0.348 e. The van der Waals surface area contributed by atoms with E-state index in [9.17, 15) is 34.5 Å². The normalized spacial score (nSPS) is 46.6. The molecule has 0 aromatic carbocycles. The molecule has 3 N–H and O–H groups in total. The van der Waals surface area contributed by atoms with Crippen LogP contribution in [0.3, 0.4) is 0 Å². The number of aliphatic hydroxyl groups excluding tert-OH is 3. The van der Waals surface area contributed by atoms with Crippen molar-refractivity contribution in [3.63, 3.8) is 0 Å². The fourth-order valence-electron chi connectivity index (χ4n) is 8.35. The fourth-order valence-corrected chi connectivity index (χ4v) is 8.35. The van der Waals surface area contributed by atoms with E-state index in [2.05, 4.69) is 0 Å². The van der Waals surface area contributed by atoms with Crippen LogP contribution in [-0.2, 0) is 38.1 Å². The first-order chi connectivity index (χ1) is 18.2. The third-order valence-corrected chi connectivity index (χ3v) is 10.3. The molecule has 11 heteroatoms. The number of ether oxygens (including phenoxy) is 4. The molecule has 11 unspecified atom stereocenters. The van der Waals surface area contributed by atoms with Crippen LogP contribution in [0.5, 0.6) is 0 Å². The number of rotatable bonds is 4. The van der Waals surface area contributed by atoms with Gasteiger partial charge in [-0.05, 0) is 37.2 Å². The topological polar surface area (TPSA) is 166 Å². The van der Waals surface area contributed by atoms with Crippen molar-refractivity contribution >= 4 is 23.7 Å². The van der Waals surface area contributed by atoms with Crippen LogP contribution in [0.1, 0.15) is 41.0 Å². The number of Topliss-reactive ketones (excluding diaryl/α,β-unsaturated/α-hetero) is 1. The van der Waals surface area contributed by atoms with E-state index < -0.39 is 88.1 Å². The van der Waals surface area contributed by atoms with E-state index >= 15 is 0 Å². The Kier molecular flexibility index (Phi) is 6.32. The van der Waals surface area contributed by atoms with E-state index in [4.69, 9.17) is 18.9 Å². The standard InChI is InChI=1S/C28H36O11/c1-11(2)12(3)8-17(30)39-19-21-27-10-37-28(21,25(35)36-6)23(33)18(31)20(27)26(5)14(9-16(27)38-24(19)34)13(4)7-15(29)22(26)32/h7-8,11,13-14,16,18-21,23,29,31,33H,9-10H2,1-6H3. The molecule has 1 spiro atoms. The Morgan fingerprint density at radius 1 is 1.21 bits per heavy atom. The van der Waals surface area contributed by atoms with Crippen LogP contribution >= 0.6 is 0 Å². The van der Waals surface area contributed by atoms with Crippen molar-refractivity contribution in [1.82, 2.24) is 0 Å². The zero-order valence-corrected chi connectivity index (χ0v) is 22.9. The van der Waals surface area contributed by atoms with E-state index in [1.807, 2.05) is 20.8 Å². The van der Waals surface area contributed by atoms with Crippen molar-refractivity contribution in [2.24, 2.45) is 40.4 Å². The molecule has 2 saturated heterocycles. The molecule has 2 aliphatic heterocycles. The number of methoxy groups -OCH3 is 1. The van der Waals surface area contributed by atoms with Gasteiger partial charge in [-0.2, -0.15) is 0 Å². The lowest BCUT2D eigenvalue weighted by Gasteiger charge is -2.66. The number of carbonyl (C=O) groups is 4. The number of fused-ring (bicyclic) bond motifs is 2. The minimum absolute atomic E-state index is 0.0195. The summed E-state index contributed by atoms with van der Waals surface area (Å²) in [7, 11) is 1.08. The van der Waals surface area contributed by atoms with Gasteiger partial charge in [0.2, 0.25) is 17.5 Å². The van der Waals surface area contributed by atoms with Crippen LogP contribution in [0.4, 0.5) is 0 Å². The summed E-state index contributed by atoms with van der Waals surface area (Å²) >= 11 is 0. The Hall–Kier alpha value is -2.76. The quantitative estimate of drug-likeness (QED) is 0.261. The third kappa shape index (κ3) is 3.32. The predicted octanol–water partition coefficient (Wildman–Crippen LogP) is 1.01. The van der Waals surface area contributed by atoms with E-state index in [0.29, 0.717) is 5.57 Å². The van der Waals surface area contributed by atoms with Gasteiger partial charge in [-0.15, -0.1) is 0 Å². The summed E-state index contributed by atoms with van der Waals surface area (Å²) in [6.45, 7) is 8.65. The highest BCUT2D eigenvalue weighted by molar-refractivity contribution is 6.00. The Morgan fingerprint density at radius 2 is 1.87 bits per heavy atom. The summed E-state index contributed by atoms with van der Waals surface area (Å²) in [5.74, 6) is -7.13. The number of aliphatic hydroxyl groups is 3. The zero-order valence-electron chi connectivity index (χ0n) is 22.9. The summed E-state index contributed by atoms with van der Waals surface area (Å²) in [4.78, 5) is 53.5. The lowest BCUT2D eigenvalue weighted by atomic mass is 9.37. The molecule has 0 aromatic heterocycles. The second kappa shape index (κ2) is 8.87. The molecule has 3 aliphatic carbocycles. The Balaban J connectivity index is 1.72. The average molecular weight is 549 g/mol. The van der Waals surface area contributed by atoms with Crippen molar-refractivity contribution in [1.29, 1.82) is 0 Å². The Labute approximate surface area is 226 Å². The van der Waals surface area contributed by atoms with Gasteiger partial charge in [0, 0.05) is 22.8 Å². The van der Waals surface area contributed by atoms with Gasteiger partial charge in [0.15, 0.2) is 5.76 Å². The zero-order chi connectivity index (χ0) is 28.8. The van der Waals surface area contributed by atoms with Crippen molar-refractivity contribution in [3.05, 3.63) is 23.5 Å². The monoisotopic (exact) mass is 548 g/mol. The lowest BCUT2D eigenvalue weighted by molar-refractivity contribution is -0.289. The van der Waals surface area contributed by atoms with Gasteiger partial charge in [-0.25, -0.2) is 14.4 Å². The minimum atomic E-state index is -2.27. The molecular weight excluding hydrogens is 512 g/mol. The Bertz CT molecular complexity index is 1190. The predicted molar refractivity (Wildman–Crippen MR) is 132 cm³/mol. The van der Waals surface area contributed by atoms with Crippen molar-refractivity contribution < 1.29 is 53.4 Å². The molecule has 2 heterocycles. The van der Waals surface area contributed by atoms with Gasteiger partial charge in [-0.1, -0.05) is 33.3 Å². The summed E-state index contributed by atoms with van der Waals surface area (Å²) in [5.41, 5.74) is -4.42. The first-order valence-electron chi connectivity index (χ1n) is 13.3. The van der Waals surface area contributed by atoms with Crippen molar-refractivity contribution in [2.75, 3.05) is 13.7 Å². The molecule has 5 rings (SSSR count). The van der Waals surface area contributed by atoms with Crippen LogP contribution in [0.2, 0.25) is 0 Å². The van der Waals surface area contributed by atoms with Crippen LogP contribution in [-0.4, -0.2) is 82.7 Å². The van der Waals surface area contributed by atoms with Crippen LogP contribution in [0.15, 0.2) is 23.5 Å². The van der Waals surface area contributed by atoms with Gasteiger partial charge in [0.05, 0.1) is 25.7 Å². The highest BCUT2D eigenvalue weighted by atomic mass is 16.6. The van der Waals surface area contributed by atoms with Crippen LogP contribution in [0.25, 0.3) is 0 Å². The lowest BCUT2D eigenvalue weighted by Crippen LogP contribution is -2.80. The number of hydrogen-bond acceptors (Lipinski definition) is 11. The number of carbonyl (C=O) groups excluding carboxylic acids is 4. The fraction of sp³-hybridized carbons (Fsp3) is 0.714. The minimum Gasteiger partial charge on any atom is -0.505 e. The first-order valence-corrected chi connectivity index (χ1v) is 13.3. The highest BCUT2D eigenvalue weighted by Crippen LogP contribution is 2.72. The second-order valence-corrected chi connectivity index (χ2v) is 12.3. The van der Waals surface area contributed by atoms with Gasteiger partial charge in [0.25, 0.3) is 0 Å². The third-order valence-electron chi connectivity index (χ3n) is 10.3. The molecule has 5 aliphatic rings. The average Bonchev–Trinajstić information content (AvgIpc) is 3.18. The maximum absolute atomic E-state index is 13.7. The molecule has 2 bridgehead atoms. The summed E-state index contributed by atoms with van der Waals surface area (Å²) in [5, 5.41) is 33.8. The van der Waals surface area contributed by atoms with Crippen LogP contribution < -0.4 is 0 Å². The summed E-state index contributed by atoms with van der Waals surface area (Å²) < 4.78 is 22.6. The van der Waals surface area contributed by atoms with E-state index in [-0.39, 0.29) is 24.9 Å². The molecule has 0 amide bonds. The van der Waals surface area contributed by atoms with E-state index in [0.717, 1.165) is 7.11 Å². The second-order valence-electron chi connectivity index (χ2n) is 12.3. The van der Waals surface area contributed by atoms with Gasteiger partial charge in [0.1, 0.15) is 12.2 Å².